The Morgan fingerprint density at radius 3 is 2.45 bits per heavy atom. The maximum absolute atomic E-state index is 13.9. The van der Waals surface area contributed by atoms with Gasteiger partial charge in [0.05, 0.1) is 19.0 Å². The number of methoxy groups -OCH3 is 1. The molecule has 1 aromatic heterocycles. The highest BCUT2D eigenvalue weighted by molar-refractivity contribution is 5.90. The SMILES string of the molecule is CCCCc1c(C(=O)OC)cnn1-c1c(F)cc(F)cc1F. The van der Waals surface area contributed by atoms with Crippen LogP contribution >= 0.6 is 0 Å². The quantitative estimate of drug-likeness (QED) is 0.795. The molecule has 0 atom stereocenters. The Morgan fingerprint density at radius 1 is 1.27 bits per heavy atom. The Hall–Kier alpha value is -2.31. The monoisotopic (exact) mass is 312 g/mol. The zero-order chi connectivity index (χ0) is 16.3. The van der Waals surface area contributed by atoms with E-state index < -0.39 is 29.1 Å². The van der Waals surface area contributed by atoms with Crippen molar-refractivity contribution in [1.82, 2.24) is 9.78 Å². The molecule has 0 saturated carbocycles. The summed E-state index contributed by atoms with van der Waals surface area (Å²) in [6, 6.07) is 1.14. The highest BCUT2D eigenvalue weighted by Crippen LogP contribution is 2.23. The van der Waals surface area contributed by atoms with Crippen LogP contribution in [-0.2, 0) is 11.2 Å². The molecule has 2 aromatic rings. The molecular formula is C15H15F3N2O2. The predicted octanol–water partition coefficient (Wildman–Crippen LogP) is 3.42. The number of carbonyl (C=O) groups is 1. The minimum Gasteiger partial charge on any atom is -0.465 e. The molecule has 0 fully saturated rings. The van der Waals surface area contributed by atoms with E-state index in [1.165, 1.54) is 13.3 Å². The minimum absolute atomic E-state index is 0.138. The summed E-state index contributed by atoms with van der Waals surface area (Å²) < 4.78 is 46.5. The number of unbranched alkanes of at least 4 members (excludes halogenated alkanes) is 1. The lowest BCUT2D eigenvalue weighted by atomic mass is 10.1. The first kappa shape index (κ1) is 16.1. The lowest BCUT2D eigenvalue weighted by Gasteiger charge is -2.11. The van der Waals surface area contributed by atoms with Gasteiger partial charge in [0.1, 0.15) is 17.1 Å². The van der Waals surface area contributed by atoms with Crippen LogP contribution in [-0.4, -0.2) is 22.9 Å². The second-order valence-electron chi connectivity index (χ2n) is 4.73. The molecule has 0 bridgehead atoms. The van der Waals surface area contributed by atoms with Gasteiger partial charge in [0.15, 0.2) is 11.6 Å². The lowest BCUT2D eigenvalue weighted by molar-refractivity contribution is 0.0599. The van der Waals surface area contributed by atoms with E-state index in [4.69, 9.17) is 0 Å². The fourth-order valence-corrected chi connectivity index (χ4v) is 2.17. The number of ether oxygens (including phenoxy) is 1. The van der Waals surface area contributed by atoms with E-state index in [1.807, 2.05) is 6.92 Å². The molecule has 118 valence electrons. The van der Waals surface area contributed by atoms with E-state index in [1.54, 1.807) is 0 Å². The molecule has 0 aliphatic heterocycles. The zero-order valence-corrected chi connectivity index (χ0v) is 12.2. The van der Waals surface area contributed by atoms with Crippen molar-refractivity contribution < 1.29 is 22.7 Å². The number of halogens is 3. The van der Waals surface area contributed by atoms with Gasteiger partial charge in [-0.25, -0.2) is 22.6 Å². The van der Waals surface area contributed by atoms with E-state index >= 15 is 0 Å². The third-order valence-corrected chi connectivity index (χ3v) is 3.23. The molecule has 0 amide bonds. The Morgan fingerprint density at radius 2 is 1.91 bits per heavy atom. The molecule has 0 saturated heterocycles. The van der Waals surface area contributed by atoms with Gasteiger partial charge in [-0.1, -0.05) is 13.3 Å². The average molecular weight is 312 g/mol. The van der Waals surface area contributed by atoms with Crippen molar-refractivity contribution in [1.29, 1.82) is 0 Å². The van der Waals surface area contributed by atoms with Crippen molar-refractivity contribution in [3.8, 4) is 5.69 Å². The molecule has 0 spiro atoms. The van der Waals surface area contributed by atoms with Gasteiger partial charge in [0.25, 0.3) is 0 Å². The first-order valence-corrected chi connectivity index (χ1v) is 6.79. The minimum atomic E-state index is -1.09. The van der Waals surface area contributed by atoms with Gasteiger partial charge in [-0.2, -0.15) is 5.10 Å². The largest absolute Gasteiger partial charge is 0.465 e. The van der Waals surface area contributed by atoms with Crippen LogP contribution in [0.1, 0.15) is 35.8 Å². The first-order chi connectivity index (χ1) is 10.5. The van der Waals surface area contributed by atoms with Gasteiger partial charge >= 0.3 is 5.97 Å². The summed E-state index contributed by atoms with van der Waals surface area (Å²) in [5.41, 5.74) is -0.0418. The summed E-state index contributed by atoms with van der Waals surface area (Å²) in [6.07, 6.45) is 3.09. The second-order valence-corrected chi connectivity index (χ2v) is 4.73. The van der Waals surface area contributed by atoms with Gasteiger partial charge in [-0.15, -0.1) is 0 Å². The van der Waals surface area contributed by atoms with Crippen LogP contribution in [0.15, 0.2) is 18.3 Å². The van der Waals surface area contributed by atoms with Crippen molar-refractivity contribution in [3.05, 3.63) is 47.0 Å². The molecule has 22 heavy (non-hydrogen) atoms. The van der Waals surface area contributed by atoms with Gasteiger partial charge in [0, 0.05) is 12.1 Å². The number of hydrogen-bond acceptors (Lipinski definition) is 3. The smallest absolute Gasteiger partial charge is 0.341 e. The molecule has 7 heteroatoms. The molecule has 1 heterocycles. The summed E-state index contributed by atoms with van der Waals surface area (Å²) in [4.78, 5) is 11.7. The summed E-state index contributed by atoms with van der Waals surface area (Å²) in [7, 11) is 1.21. The molecule has 0 aliphatic rings. The fourth-order valence-electron chi connectivity index (χ4n) is 2.17. The molecule has 0 aliphatic carbocycles. The number of benzene rings is 1. The highest BCUT2D eigenvalue weighted by Gasteiger charge is 2.22. The average Bonchev–Trinajstić information content (AvgIpc) is 2.86. The van der Waals surface area contributed by atoms with E-state index in [0.717, 1.165) is 11.1 Å². The standard InChI is InChI=1S/C15H15F3N2O2/c1-3-4-5-13-10(15(21)22-2)8-19-20(13)14-11(17)6-9(16)7-12(14)18/h6-8H,3-5H2,1-2H3. The van der Waals surface area contributed by atoms with E-state index in [0.29, 0.717) is 30.7 Å². The van der Waals surface area contributed by atoms with Gasteiger partial charge in [0.2, 0.25) is 0 Å². The number of carbonyl (C=O) groups excluding carboxylic acids is 1. The third-order valence-electron chi connectivity index (χ3n) is 3.23. The Labute approximate surface area is 125 Å². The van der Waals surface area contributed by atoms with Crippen molar-refractivity contribution in [3.63, 3.8) is 0 Å². The van der Waals surface area contributed by atoms with Gasteiger partial charge < -0.3 is 4.74 Å². The normalized spacial score (nSPS) is 10.8. The summed E-state index contributed by atoms with van der Waals surface area (Å²) in [5.74, 6) is -3.83. The molecule has 0 N–H and O–H groups in total. The number of rotatable bonds is 5. The highest BCUT2D eigenvalue weighted by atomic mass is 19.1. The van der Waals surface area contributed by atoms with Crippen molar-refractivity contribution >= 4 is 5.97 Å². The third kappa shape index (κ3) is 2.98. The summed E-state index contributed by atoms with van der Waals surface area (Å²) in [5, 5.41) is 3.87. The number of hydrogen-bond donors (Lipinski definition) is 0. The van der Waals surface area contributed by atoms with Gasteiger partial charge in [-0.3, -0.25) is 0 Å². The Kier molecular flexibility index (Phi) is 4.85. The topological polar surface area (TPSA) is 44.1 Å². The maximum atomic E-state index is 13.9. The van der Waals surface area contributed by atoms with Crippen molar-refractivity contribution in [2.45, 2.75) is 26.2 Å². The molecular weight excluding hydrogens is 297 g/mol. The zero-order valence-electron chi connectivity index (χ0n) is 12.2. The van der Waals surface area contributed by atoms with Crippen LogP contribution in [0.4, 0.5) is 13.2 Å². The molecule has 0 radical (unpaired) electrons. The number of esters is 1. The van der Waals surface area contributed by atoms with Crippen LogP contribution in [0, 0.1) is 17.5 Å². The predicted molar refractivity (Wildman–Crippen MR) is 73.4 cm³/mol. The van der Waals surface area contributed by atoms with Crippen molar-refractivity contribution in [2.75, 3.05) is 7.11 Å². The molecule has 1 aromatic carbocycles. The Bertz CT molecular complexity index is 675. The van der Waals surface area contributed by atoms with Gasteiger partial charge in [-0.05, 0) is 12.8 Å². The van der Waals surface area contributed by atoms with E-state index in [2.05, 4.69) is 9.84 Å². The van der Waals surface area contributed by atoms with Crippen LogP contribution in [0.25, 0.3) is 5.69 Å². The number of nitrogens with zero attached hydrogens (tertiary/aromatic N) is 2. The molecule has 4 nitrogen and oxygen atoms in total. The molecule has 2 rings (SSSR count). The lowest BCUT2D eigenvalue weighted by Crippen LogP contribution is -2.11. The molecule has 0 unspecified atom stereocenters. The van der Waals surface area contributed by atoms with E-state index in [9.17, 15) is 18.0 Å². The summed E-state index contributed by atoms with van der Waals surface area (Å²) in [6.45, 7) is 1.94. The van der Waals surface area contributed by atoms with Crippen LogP contribution in [0.3, 0.4) is 0 Å². The first-order valence-electron chi connectivity index (χ1n) is 6.79. The summed E-state index contributed by atoms with van der Waals surface area (Å²) >= 11 is 0. The second kappa shape index (κ2) is 6.64. The van der Waals surface area contributed by atoms with Crippen LogP contribution < -0.4 is 0 Å². The van der Waals surface area contributed by atoms with E-state index in [-0.39, 0.29) is 5.56 Å². The van der Waals surface area contributed by atoms with Crippen LogP contribution in [0.2, 0.25) is 0 Å². The maximum Gasteiger partial charge on any atom is 0.341 e. The fraction of sp³-hybridized carbons (Fsp3) is 0.333. The van der Waals surface area contributed by atoms with Crippen LogP contribution in [0.5, 0.6) is 0 Å². The van der Waals surface area contributed by atoms with Crippen molar-refractivity contribution in [2.24, 2.45) is 0 Å². The number of aromatic nitrogens is 2. The Balaban J connectivity index is 2.60.